The van der Waals surface area contributed by atoms with Gasteiger partial charge >= 0.3 is 6.18 Å². The smallest absolute Gasteiger partial charge is 0.417 e. The molecule has 0 saturated carbocycles. The maximum Gasteiger partial charge on any atom is 0.417 e. The van der Waals surface area contributed by atoms with Crippen molar-refractivity contribution in [2.24, 2.45) is 4.99 Å². The molecule has 0 aliphatic heterocycles. The molecule has 2 N–H and O–H groups in total. The van der Waals surface area contributed by atoms with Gasteiger partial charge in [-0.15, -0.1) is 0 Å². The molecule has 6 nitrogen and oxygen atoms in total. The maximum atomic E-state index is 12.6. The highest BCUT2D eigenvalue weighted by molar-refractivity contribution is 6.31. The summed E-state index contributed by atoms with van der Waals surface area (Å²) in [6.07, 6.45) is -1.94. The monoisotopic (exact) mass is 410 g/mol. The first-order chi connectivity index (χ1) is 12.9. The number of nitrogens with zero attached hydrogens (tertiary/aromatic N) is 2. The Labute approximate surface area is 162 Å². The van der Waals surface area contributed by atoms with Gasteiger partial charge in [-0.25, -0.2) is 4.98 Å². The molecule has 0 amide bonds. The van der Waals surface area contributed by atoms with Crippen LogP contribution in [0.2, 0.25) is 5.02 Å². The van der Waals surface area contributed by atoms with E-state index in [2.05, 4.69) is 20.6 Å². The second kappa shape index (κ2) is 12.6. The molecule has 0 radical (unpaired) electrons. The van der Waals surface area contributed by atoms with Gasteiger partial charge in [0, 0.05) is 32.5 Å². The summed E-state index contributed by atoms with van der Waals surface area (Å²) in [6, 6.07) is 0.797. The van der Waals surface area contributed by atoms with Crippen molar-refractivity contribution in [3.8, 4) is 5.88 Å². The second-order valence-electron chi connectivity index (χ2n) is 5.45. The van der Waals surface area contributed by atoms with Crippen molar-refractivity contribution in [2.75, 3.05) is 39.5 Å². The van der Waals surface area contributed by atoms with E-state index in [0.717, 1.165) is 25.5 Å². The highest BCUT2D eigenvalue weighted by Crippen LogP contribution is 2.32. The van der Waals surface area contributed by atoms with Crippen molar-refractivity contribution in [3.05, 3.63) is 22.8 Å². The van der Waals surface area contributed by atoms with E-state index in [-0.39, 0.29) is 17.5 Å². The molecule has 1 rings (SSSR count). The van der Waals surface area contributed by atoms with Crippen molar-refractivity contribution >= 4 is 17.6 Å². The third-order valence-corrected chi connectivity index (χ3v) is 3.55. The van der Waals surface area contributed by atoms with Crippen LogP contribution in [0.5, 0.6) is 5.88 Å². The van der Waals surface area contributed by atoms with Crippen LogP contribution in [-0.2, 0) is 10.9 Å². The first-order valence-corrected chi connectivity index (χ1v) is 9.21. The van der Waals surface area contributed by atoms with Crippen LogP contribution in [0.15, 0.2) is 17.3 Å². The number of guanidine groups is 1. The van der Waals surface area contributed by atoms with Crippen LogP contribution in [0, 0.1) is 0 Å². The van der Waals surface area contributed by atoms with Gasteiger partial charge in [0.1, 0.15) is 11.6 Å². The average Bonchev–Trinajstić information content (AvgIpc) is 2.61. The largest absolute Gasteiger partial charge is 0.475 e. The second-order valence-corrected chi connectivity index (χ2v) is 5.86. The van der Waals surface area contributed by atoms with Gasteiger partial charge in [0.2, 0.25) is 5.88 Å². The van der Waals surface area contributed by atoms with E-state index in [1.807, 2.05) is 13.8 Å². The summed E-state index contributed by atoms with van der Waals surface area (Å²) in [5.41, 5.74) is -0.913. The van der Waals surface area contributed by atoms with Crippen LogP contribution in [0.3, 0.4) is 0 Å². The van der Waals surface area contributed by atoms with Crippen LogP contribution in [0.25, 0.3) is 0 Å². The average molecular weight is 411 g/mol. The Kier molecular flexibility index (Phi) is 10.9. The van der Waals surface area contributed by atoms with E-state index < -0.39 is 11.7 Å². The van der Waals surface area contributed by atoms with Crippen molar-refractivity contribution in [1.29, 1.82) is 0 Å². The van der Waals surface area contributed by atoms with Crippen molar-refractivity contribution in [3.63, 3.8) is 0 Å². The normalized spacial score (nSPS) is 12.1. The van der Waals surface area contributed by atoms with Gasteiger partial charge in [-0.2, -0.15) is 13.2 Å². The van der Waals surface area contributed by atoms with Crippen LogP contribution >= 0.6 is 11.6 Å². The lowest BCUT2D eigenvalue weighted by molar-refractivity contribution is -0.137. The van der Waals surface area contributed by atoms with Crippen LogP contribution < -0.4 is 15.4 Å². The Balaban J connectivity index is 2.39. The Morgan fingerprint density at radius 2 is 2.00 bits per heavy atom. The van der Waals surface area contributed by atoms with Crippen LogP contribution in [0.1, 0.15) is 32.3 Å². The van der Waals surface area contributed by atoms with Gasteiger partial charge in [0.05, 0.1) is 12.1 Å². The predicted octanol–water partition coefficient (Wildman–Crippen LogP) is 3.50. The summed E-state index contributed by atoms with van der Waals surface area (Å²) in [5, 5.41) is 6.00. The van der Waals surface area contributed by atoms with Gasteiger partial charge in [-0.1, -0.05) is 11.6 Å². The fraction of sp³-hybridized carbons (Fsp3) is 0.647. The molecule has 10 heteroatoms. The van der Waals surface area contributed by atoms with E-state index in [0.29, 0.717) is 38.4 Å². The minimum atomic E-state index is -4.49. The molecule has 0 bridgehead atoms. The molecule has 0 unspecified atom stereocenters. The number of alkyl halides is 3. The maximum absolute atomic E-state index is 12.6. The molecule has 0 saturated heterocycles. The Bertz CT molecular complexity index is 586. The SMILES string of the molecule is CCNC(=NCCCCOCC)NCCOc1ncc(C(F)(F)F)cc1Cl. The summed E-state index contributed by atoms with van der Waals surface area (Å²) >= 11 is 5.79. The van der Waals surface area contributed by atoms with Crippen molar-refractivity contribution < 1.29 is 22.6 Å². The minimum absolute atomic E-state index is 0.0377. The number of unbranched alkanes of at least 4 members (excludes halogenated alkanes) is 1. The molecule has 0 spiro atoms. The third-order valence-electron chi connectivity index (χ3n) is 3.28. The Morgan fingerprint density at radius 3 is 2.63 bits per heavy atom. The Hall–Kier alpha value is -1.74. The van der Waals surface area contributed by atoms with E-state index in [9.17, 15) is 13.2 Å². The van der Waals surface area contributed by atoms with E-state index in [1.165, 1.54) is 0 Å². The lowest BCUT2D eigenvalue weighted by Gasteiger charge is -2.13. The summed E-state index contributed by atoms with van der Waals surface area (Å²) < 4.78 is 48.3. The highest BCUT2D eigenvalue weighted by atomic mass is 35.5. The molecule has 27 heavy (non-hydrogen) atoms. The number of aromatic nitrogens is 1. The zero-order chi connectivity index (χ0) is 20.1. The van der Waals surface area contributed by atoms with E-state index in [1.54, 1.807) is 0 Å². The molecule has 154 valence electrons. The summed E-state index contributed by atoms with van der Waals surface area (Å²) in [6.45, 7) is 7.29. The number of hydrogen-bond donors (Lipinski definition) is 2. The number of aliphatic imine (C=N–C) groups is 1. The van der Waals surface area contributed by atoms with Gasteiger partial charge in [-0.05, 0) is 32.8 Å². The molecule has 1 aromatic rings. The zero-order valence-corrected chi connectivity index (χ0v) is 16.3. The molecule has 1 aromatic heterocycles. The predicted molar refractivity (Wildman–Crippen MR) is 99.5 cm³/mol. The van der Waals surface area contributed by atoms with E-state index in [4.69, 9.17) is 21.1 Å². The molecule has 1 heterocycles. The third kappa shape index (κ3) is 9.67. The molecule has 0 fully saturated rings. The van der Waals surface area contributed by atoms with Gasteiger partial charge in [0.15, 0.2) is 5.96 Å². The topological polar surface area (TPSA) is 67.8 Å². The quantitative estimate of drug-likeness (QED) is 0.332. The van der Waals surface area contributed by atoms with Crippen LogP contribution in [-0.4, -0.2) is 50.4 Å². The van der Waals surface area contributed by atoms with Crippen molar-refractivity contribution in [1.82, 2.24) is 15.6 Å². The van der Waals surface area contributed by atoms with Gasteiger partial charge < -0.3 is 20.1 Å². The molecule has 0 aliphatic carbocycles. The number of nitrogens with one attached hydrogen (secondary N) is 2. The highest BCUT2D eigenvalue weighted by Gasteiger charge is 2.31. The summed E-state index contributed by atoms with van der Waals surface area (Å²) in [4.78, 5) is 8.05. The van der Waals surface area contributed by atoms with E-state index >= 15 is 0 Å². The van der Waals surface area contributed by atoms with Crippen LogP contribution in [0.4, 0.5) is 13.2 Å². The fourth-order valence-electron chi connectivity index (χ4n) is 2.00. The zero-order valence-electron chi connectivity index (χ0n) is 15.5. The first kappa shape index (κ1) is 23.3. The standard InChI is InChI=1S/C17H26ClF3N4O2/c1-3-22-16(23-7-5-6-9-26-4-2)24-8-10-27-15-14(18)11-13(12-25-15)17(19,20)21/h11-12H,3-10H2,1-2H3,(H2,22,23,24). The van der Waals surface area contributed by atoms with Gasteiger partial charge in [-0.3, -0.25) is 4.99 Å². The number of hydrogen-bond acceptors (Lipinski definition) is 4. The minimum Gasteiger partial charge on any atom is -0.475 e. The molecule has 0 aromatic carbocycles. The Morgan fingerprint density at radius 1 is 1.22 bits per heavy atom. The number of pyridine rings is 1. The number of ether oxygens (including phenoxy) is 2. The molecule has 0 aliphatic rings. The summed E-state index contributed by atoms with van der Waals surface area (Å²) in [5.74, 6) is 0.605. The lowest BCUT2D eigenvalue weighted by Crippen LogP contribution is -2.39. The first-order valence-electron chi connectivity index (χ1n) is 8.84. The lowest BCUT2D eigenvalue weighted by atomic mass is 10.3. The van der Waals surface area contributed by atoms with Crippen molar-refractivity contribution in [2.45, 2.75) is 32.9 Å². The fourth-order valence-corrected chi connectivity index (χ4v) is 2.22. The molecular weight excluding hydrogens is 385 g/mol. The number of halogens is 4. The number of rotatable bonds is 11. The van der Waals surface area contributed by atoms with Gasteiger partial charge in [0.25, 0.3) is 0 Å². The summed E-state index contributed by atoms with van der Waals surface area (Å²) in [7, 11) is 0. The molecule has 0 atom stereocenters. The molecular formula is C17H26ClF3N4O2.